The molecule has 1 aromatic carbocycles. The molecule has 1 rings (SSSR count). The first-order chi connectivity index (χ1) is 8.36. The van der Waals surface area contributed by atoms with Crippen LogP contribution in [0.3, 0.4) is 0 Å². The van der Waals surface area contributed by atoms with Gasteiger partial charge in [-0.05, 0) is 19.1 Å². The lowest BCUT2D eigenvalue weighted by Crippen LogP contribution is -2.32. The largest absolute Gasteiger partial charge is 0.303 e. The van der Waals surface area contributed by atoms with E-state index in [0.717, 1.165) is 24.3 Å². The maximum absolute atomic E-state index is 11.8. The van der Waals surface area contributed by atoms with Crippen LogP contribution >= 0.6 is 0 Å². The average molecular weight is 272 g/mol. The van der Waals surface area contributed by atoms with Gasteiger partial charge in [-0.15, -0.1) is 0 Å². The first kappa shape index (κ1) is 14.3. The molecular weight excluding hydrogens is 260 g/mol. The zero-order valence-electron chi connectivity index (χ0n) is 9.57. The summed E-state index contributed by atoms with van der Waals surface area (Å²) in [4.78, 5) is 20.0. The Kier molecular flexibility index (Phi) is 4.51. The Morgan fingerprint density at radius 2 is 1.94 bits per heavy atom. The first-order valence-corrected chi connectivity index (χ1v) is 6.55. The number of hydrogen-bond donors (Lipinski definition) is 1. The zero-order valence-corrected chi connectivity index (χ0v) is 10.4. The van der Waals surface area contributed by atoms with Gasteiger partial charge in [0.1, 0.15) is 6.29 Å². The first-order valence-electron chi connectivity index (χ1n) is 5.07. The van der Waals surface area contributed by atoms with E-state index in [1.807, 2.05) is 0 Å². The zero-order chi connectivity index (χ0) is 13.8. The van der Waals surface area contributed by atoms with Crippen LogP contribution in [0.5, 0.6) is 0 Å². The summed E-state index contributed by atoms with van der Waals surface area (Å²) in [5, 5.41) is 10.4. The maximum atomic E-state index is 11.8. The number of carbonyl (C=O) groups is 1. The molecule has 98 valence electrons. The van der Waals surface area contributed by atoms with Crippen molar-refractivity contribution in [3.05, 3.63) is 34.4 Å². The molecule has 0 spiro atoms. The van der Waals surface area contributed by atoms with E-state index in [1.165, 1.54) is 0 Å². The molecule has 0 aliphatic carbocycles. The quantitative estimate of drug-likeness (QED) is 0.469. The molecule has 7 nitrogen and oxygen atoms in total. The smallest absolute Gasteiger partial charge is 0.269 e. The van der Waals surface area contributed by atoms with E-state index in [2.05, 4.69) is 4.72 Å². The van der Waals surface area contributed by atoms with Gasteiger partial charge in [-0.1, -0.05) is 0 Å². The Balaban J connectivity index is 2.91. The van der Waals surface area contributed by atoms with Crippen LogP contribution < -0.4 is 4.72 Å². The minimum atomic E-state index is -3.76. The third-order valence-corrected chi connectivity index (χ3v) is 3.77. The number of nitrogens with zero attached hydrogens (tertiary/aromatic N) is 1. The van der Waals surface area contributed by atoms with Gasteiger partial charge in [-0.25, -0.2) is 13.1 Å². The summed E-state index contributed by atoms with van der Waals surface area (Å²) in [7, 11) is -3.76. The monoisotopic (exact) mass is 272 g/mol. The molecule has 0 heterocycles. The van der Waals surface area contributed by atoms with Crippen LogP contribution in [-0.2, 0) is 14.8 Å². The Morgan fingerprint density at radius 3 is 2.39 bits per heavy atom. The topological polar surface area (TPSA) is 106 Å². The van der Waals surface area contributed by atoms with Crippen LogP contribution in [0.1, 0.15) is 13.3 Å². The van der Waals surface area contributed by atoms with Gasteiger partial charge in [0.15, 0.2) is 0 Å². The van der Waals surface area contributed by atoms with E-state index in [1.54, 1.807) is 6.92 Å². The lowest BCUT2D eigenvalue weighted by atomic mass is 10.3. The predicted molar refractivity (Wildman–Crippen MR) is 63.6 cm³/mol. The van der Waals surface area contributed by atoms with E-state index >= 15 is 0 Å². The Hall–Kier alpha value is -1.80. The normalized spacial score (nSPS) is 12.9. The van der Waals surface area contributed by atoms with Crippen LogP contribution in [0.2, 0.25) is 0 Å². The molecule has 0 unspecified atom stereocenters. The third kappa shape index (κ3) is 3.60. The summed E-state index contributed by atoms with van der Waals surface area (Å²) >= 11 is 0. The number of nitrogens with one attached hydrogen (secondary N) is 1. The molecule has 0 fully saturated rings. The molecule has 0 amide bonds. The summed E-state index contributed by atoms with van der Waals surface area (Å²) in [6.07, 6.45) is 0.676. The van der Waals surface area contributed by atoms with Crippen LogP contribution in [0.25, 0.3) is 0 Å². The fourth-order valence-electron chi connectivity index (χ4n) is 1.27. The minimum Gasteiger partial charge on any atom is -0.303 e. The number of aldehydes is 1. The molecule has 1 aromatic rings. The molecule has 0 aliphatic rings. The summed E-state index contributed by atoms with van der Waals surface area (Å²) < 4.78 is 25.9. The molecule has 0 radical (unpaired) electrons. The van der Waals surface area contributed by atoms with Gasteiger partial charge in [0.05, 0.1) is 9.82 Å². The lowest BCUT2D eigenvalue weighted by Gasteiger charge is -2.11. The van der Waals surface area contributed by atoms with E-state index < -0.39 is 21.0 Å². The molecule has 1 atom stereocenters. The Labute approximate surface area is 104 Å². The van der Waals surface area contributed by atoms with Crippen LogP contribution in [0.15, 0.2) is 29.2 Å². The molecule has 0 saturated carbocycles. The second-order valence-electron chi connectivity index (χ2n) is 3.68. The molecule has 1 N–H and O–H groups in total. The number of hydrogen-bond acceptors (Lipinski definition) is 5. The molecule has 0 aromatic heterocycles. The molecular formula is C10H12N2O5S. The van der Waals surface area contributed by atoms with Crippen LogP contribution in [0, 0.1) is 10.1 Å². The number of carbonyl (C=O) groups excluding carboxylic acids is 1. The number of benzene rings is 1. The van der Waals surface area contributed by atoms with E-state index in [-0.39, 0.29) is 17.0 Å². The van der Waals surface area contributed by atoms with E-state index in [0.29, 0.717) is 6.29 Å². The molecule has 18 heavy (non-hydrogen) atoms. The summed E-state index contributed by atoms with van der Waals surface area (Å²) in [6.45, 7) is 1.55. The second-order valence-corrected chi connectivity index (χ2v) is 5.39. The van der Waals surface area contributed by atoms with Crippen molar-refractivity contribution >= 4 is 22.0 Å². The highest BCUT2D eigenvalue weighted by molar-refractivity contribution is 7.89. The summed E-state index contributed by atoms with van der Waals surface area (Å²) in [6, 6.07) is 3.99. The Morgan fingerprint density at radius 1 is 1.39 bits per heavy atom. The van der Waals surface area contributed by atoms with Crippen LogP contribution in [0.4, 0.5) is 5.69 Å². The fourth-order valence-corrected chi connectivity index (χ4v) is 2.53. The lowest BCUT2D eigenvalue weighted by molar-refractivity contribution is -0.384. The van der Waals surface area contributed by atoms with Crippen molar-refractivity contribution in [2.75, 3.05) is 0 Å². The van der Waals surface area contributed by atoms with Crippen molar-refractivity contribution in [2.45, 2.75) is 24.3 Å². The highest BCUT2D eigenvalue weighted by Crippen LogP contribution is 2.16. The SMILES string of the molecule is C[C@H](CC=O)NS(=O)(=O)c1ccc([N+](=O)[O-])cc1. The molecule has 0 bridgehead atoms. The third-order valence-electron chi connectivity index (χ3n) is 2.16. The van der Waals surface area contributed by atoms with Gasteiger partial charge >= 0.3 is 0 Å². The highest BCUT2D eigenvalue weighted by atomic mass is 32.2. The van der Waals surface area contributed by atoms with E-state index in [9.17, 15) is 23.3 Å². The molecule has 0 saturated heterocycles. The summed E-state index contributed by atoms with van der Waals surface area (Å²) in [5.41, 5.74) is -0.185. The maximum Gasteiger partial charge on any atom is 0.269 e. The van der Waals surface area contributed by atoms with Crippen molar-refractivity contribution in [3.8, 4) is 0 Å². The molecule has 8 heteroatoms. The number of sulfonamides is 1. The summed E-state index contributed by atoms with van der Waals surface area (Å²) in [5.74, 6) is 0. The number of rotatable bonds is 6. The van der Waals surface area contributed by atoms with Crippen LogP contribution in [-0.4, -0.2) is 25.7 Å². The number of nitro groups is 1. The van der Waals surface area contributed by atoms with Gasteiger partial charge in [-0.3, -0.25) is 10.1 Å². The van der Waals surface area contributed by atoms with Crippen molar-refractivity contribution in [2.24, 2.45) is 0 Å². The van der Waals surface area contributed by atoms with Gasteiger partial charge in [-0.2, -0.15) is 0 Å². The van der Waals surface area contributed by atoms with E-state index in [4.69, 9.17) is 0 Å². The van der Waals surface area contributed by atoms with Crippen molar-refractivity contribution in [1.82, 2.24) is 4.72 Å². The number of nitro benzene ring substituents is 1. The van der Waals surface area contributed by atoms with Gasteiger partial charge in [0, 0.05) is 24.6 Å². The van der Waals surface area contributed by atoms with Crippen molar-refractivity contribution in [1.29, 1.82) is 0 Å². The average Bonchev–Trinajstić information content (AvgIpc) is 2.28. The standard InChI is InChI=1S/C10H12N2O5S/c1-8(6-7-13)11-18(16,17)10-4-2-9(3-5-10)12(14)15/h2-5,7-8,11H,6H2,1H3/t8-/m1/s1. The van der Waals surface area contributed by atoms with Gasteiger partial charge < -0.3 is 4.79 Å². The fraction of sp³-hybridized carbons (Fsp3) is 0.300. The Bertz CT molecular complexity index is 538. The second kappa shape index (κ2) is 5.69. The number of non-ortho nitro benzene ring substituents is 1. The predicted octanol–water partition coefficient (Wildman–Crippen LogP) is 0.851. The van der Waals surface area contributed by atoms with Crippen molar-refractivity contribution < 1.29 is 18.1 Å². The van der Waals surface area contributed by atoms with Crippen molar-refractivity contribution in [3.63, 3.8) is 0 Å². The van der Waals surface area contributed by atoms with Gasteiger partial charge in [0.25, 0.3) is 5.69 Å². The van der Waals surface area contributed by atoms with Gasteiger partial charge in [0.2, 0.25) is 10.0 Å². The minimum absolute atomic E-state index is 0.0617. The molecule has 0 aliphatic heterocycles. The highest BCUT2D eigenvalue weighted by Gasteiger charge is 2.18.